The van der Waals surface area contributed by atoms with Gasteiger partial charge in [0.1, 0.15) is 0 Å². The fraction of sp³-hybridized carbons (Fsp3) is 0.222. The molecule has 3 N–H and O–H groups in total. The molecule has 8 nitrogen and oxygen atoms in total. The van der Waals surface area contributed by atoms with Gasteiger partial charge in [0.2, 0.25) is 5.91 Å². The lowest BCUT2D eigenvalue weighted by atomic mass is 10.1. The number of anilines is 2. The highest BCUT2D eigenvalue weighted by molar-refractivity contribution is 5.93. The molecule has 0 atom stereocenters. The monoisotopic (exact) mass is 356 g/mol. The van der Waals surface area contributed by atoms with E-state index < -0.39 is 4.92 Å². The number of hydrogen-bond donors (Lipinski definition) is 3. The topological polar surface area (TPSA) is 113 Å². The molecule has 0 saturated carbocycles. The molecule has 8 heteroatoms. The minimum absolute atomic E-state index is 0.0150. The number of nitrogens with one attached hydrogen (secondary N) is 3. The van der Waals surface area contributed by atoms with Crippen LogP contribution < -0.4 is 16.0 Å². The van der Waals surface area contributed by atoms with E-state index in [1.807, 2.05) is 13.8 Å². The predicted molar refractivity (Wildman–Crippen MR) is 99.2 cm³/mol. The summed E-state index contributed by atoms with van der Waals surface area (Å²) in [6, 6.07) is 12.3. The van der Waals surface area contributed by atoms with E-state index in [2.05, 4.69) is 16.0 Å². The van der Waals surface area contributed by atoms with E-state index in [9.17, 15) is 19.7 Å². The zero-order valence-corrected chi connectivity index (χ0v) is 14.5. The van der Waals surface area contributed by atoms with Crippen LogP contribution in [-0.4, -0.2) is 22.9 Å². The molecule has 0 aliphatic heterocycles. The van der Waals surface area contributed by atoms with Gasteiger partial charge in [0.05, 0.1) is 11.3 Å². The number of benzene rings is 2. The van der Waals surface area contributed by atoms with Gasteiger partial charge in [-0.25, -0.2) is 4.79 Å². The molecule has 0 aliphatic rings. The summed E-state index contributed by atoms with van der Waals surface area (Å²) in [5.41, 5.74) is 1.86. The average Bonchev–Trinajstić information content (AvgIpc) is 2.56. The van der Waals surface area contributed by atoms with Crippen LogP contribution >= 0.6 is 0 Å². The Labute approximate surface area is 150 Å². The maximum atomic E-state index is 12.1. The van der Waals surface area contributed by atoms with E-state index in [-0.39, 0.29) is 30.1 Å². The van der Waals surface area contributed by atoms with Crippen molar-refractivity contribution in [3.63, 3.8) is 0 Å². The molecule has 0 fully saturated rings. The maximum absolute atomic E-state index is 12.1. The predicted octanol–water partition coefficient (Wildman–Crippen LogP) is 3.31. The minimum Gasteiger partial charge on any atom is -0.336 e. The SMILES string of the molecule is CC(C)NC(=O)Nc1ccc(NC(=O)Cc2ccc([N+](=O)[O-])cc2)cc1. The third-order valence-electron chi connectivity index (χ3n) is 3.36. The van der Waals surface area contributed by atoms with Gasteiger partial charge >= 0.3 is 6.03 Å². The van der Waals surface area contributed by atoms with Crippen molar-refractivity contribution in [2.24, 2.45) is 0 Å². The highest BCUT2D eigenvalue weighted by Crippen LogP contribution is 2.15. The van der Waals surface area contributed by atoms with E-state index in [0.717, 1.165) is 0 Å². The van der Waals surface area contributed by atoms with Crippen molar-refractivity contribution in [3.8, 4) is 0 Å². The number of non-ortho nitro benzene ring substituents is 1. The molecule has 0 bridgehead atoms. The van der Waals surface area contributed by atoms with Crippen molar-refractivity contribution in [2.75, 3.05) is 10.6 Å². The van der Waals surface area contributed by atoms with Gasteiger partial charge in [-0.1, -0.05) is 12.1 Å². The number of carbonyl (C=O) groups excluding carboxylic acids is 2. The number of rotatable bonds is 6. The number of nitro groups is 1. The second-order valence-corrected chi connectivity index (χ2v) is 5.98. The second-order valence-electron chi connectivity index (χ2n) is 5.98. The molecule has 0 heterocycles. The Balaban J connectivity index is 1.88. The van der Waals surface area contributed by atoms with Crippen molar-refractivity contribution in [2.45, 2.75) is 26.3 Å². The summed E-state index contributed by atoms with van der Waals surface area (Å²) >= 11 is 0. The van der Waals surface area contributed by atoms with E-state index >= 15 is 0 Å². The Morgan fingerprint density at radius 2 is 1.50 bits per heavy atom. The fourth-order valence-electron chi connectivity index (χ4n) is 2.19. The van der Waals surface area contributed by atoms with Gasteiger partial charge < -0.3 is 16.0 Å². The number of carbonyl (C=O) groups is 2. The van der Waals surface area contributed by atoms with Crippen LogP contribution in [0.1, 0.15) is 19.4 Å². The fourth-order valence-corrected chi connectivity index (χ4v) is 2.19. The van der Waals surface area contributed by atoms with Crippen LogP contribution in [0.25, 0.3) is 0 Å². The highest BCUT2D eigenvalue weighted by atomic mass is 16.6. The Morgan fingerprint density at radius 3 is 2.00 bits per heavy atom. The van der Waals surface area contributed by atoms with Crippen LogP contribution in [0.15, 0.2) is 48.5 Å². The van der Waals surface area contributed by atoms with Crippen molar-refractivity contribution in [1.29, 1.82) is 0 Å². The first-order chi connectivity index (χ1) is 12.3. The van der Waals surface area contributed by atoms with Crippen LogP contribution in [-0.2, 0) is 11.2 Å². The summed E-state index contributed by atoms with van der Waals surface area (Å²) in [6.45, 7) is 3.73. The van der Waals surface area contributed by atoms with E-state index in [1.54, 1.807) is 36.4 Å². The minimum atomic E-state index is -0.485. The smallest absolute Gasteiger partial charge is 0.319 e. The number of nitrogens with zero attached hydrogens (tertiary/aromatic N) is 1. The summed E-state index contributed by atoms with van der Waals surface area (Å²) in [6.07, 6.45) is 0.106. The van der Waals surface area contributed by atoms with E-state index in [0.29, 0.717) is 16.9 Å². The molecule has 0 aliphatic carbocycles. The van der Waals surface area contributed by atoms with Gasteiger partial charge in [-0.2, -0.15) is 0 Å². The molecule has 0 saturated heterocycles. The van der Waals surface area contributed by atoms with Crippen LogP contribution in [0.4, 0.5) is 21.9 Å². The Kier molecular flexibility index (Phi) is 6.26. The third kappa shape index (κ3) is 5.90. The third-order valence-corrected chi connectivity index (χ3v) is 3.36. The first-order valence-corrected chi connectivity index (χ1v) is 8.04. The van der Waals surface area contributed by atoms with Gasteiger partial charge in [0, 0.05) is 29.5 Å². The molecule has 2 aromatic rings. The van der Waals surface area contributed by atoms with Crippen molar-refractivity contribution < 1.29 is 14.5 Å². The molecule has 2 rings (SSSR count). The van der Waals surface area contributed by atoms with Crippen LogP contribution in [0.3, 0.4) is 0 Å². The average molecular weight is 356 g/mol. The number of amides is 3. The standard InChI is InChI=1S/C18H20N4O4/c1-12(2)19-18(24)21-15-7-5-14(6-8-15)20-17(23)11-13-3-9-16(10-4-13)22(25)26/h3-10,12H,11H2,1-2H3,(H,20,23)(H2,19,21,24). The summed E-state index contributed by atoms with van der Waals surface area (Å²) < 4.78 is 0. The summed E-state index contributed by atoms with van der Waals surface area (Å²) in [5, 5.41) is 18.8. The van der Waals surface area contributed by atoms with E-state index in [1.165, 1.54) is 12.1 Å². The molecule has 2 aromatic carbocycles. The highest BCUT2D eigenvalue weighted by Gasteiger charge is 2.08. The zero-order valence-electron chi connectivity index (χ0n) is 14.5. The molecule has 136 valence electrons. The lowest BCUT2D eigenvalue weighted by Gasteiger charge is -2.11. The van der Waals surface area contributed by atoms with Gasteiger partial charge in [-0.05, 0) is 43.7 Å². The molecule has 0 aromatic heterocycles. The quantitative estimate of drug-likeness (QED) is 0.544. The van der Waals surface area contributed by atoms with Crippen molar-refractivity contribution >= 4 is 29.0 Å². The first kappa shape index (κ1) is 18.9. The van der Waals surface area contributed by atoms with Crippen molar-refractivity contribution in [3.05, 3.63) is 64.2 Å². The van der Waals surface area contributed by atoms with Crippen LogP contribution in [0, 0.1) is 10.1 Å². The Hall–Kier alpha value is -3.42. The number of nitro benzene ring substituents is 1. The maximum Gasteiger partial charge on any atom is 0.319 e. The van der Waals surface area contributed by atoms with Gasteiger partial charge in [-0.3, -0.25) is 14.9 Å². The first-order valence-electron chi connectivity index (χ1n) is 8.04. The molecule has 0 spiro atoms. The molecule has 0 radical (unpaired) electrons. The van der Waals surface area contributed by atoms with Crippen LogP contribution in [0.2, 0.25) is 0 Å². The summed E-state index contributed by atoms with van der Waals surface area (Å²) in [4.78, 5) is 33.8. The number of hydrogen-bond acceptors (Lipinski definition) is 4. The van der Waals surface area contributed by atoms with Crippen LogP contribution in [0.5, 0.6) is 0 Å². The van der Waals surface area contributed by atoms with E-state index in [4.69, 9.17) is 0 Å². The second kappa shape index (κ2) is 8.61. The largest absolute Gasteiger partial charge is 0.336 e. The molecule has 0 unspecified atom stereocenters. The number of urea groups is 1. The molecule has 3 amide bonds. The van der Waals surface area contributed by atoms with Gasteiger partial charge in [-0.15, -0.1) is 0 Å². The molecular formula is C18H20N4O4. The normalized spacial score (nSPS) is 10.3. The zero-order chi connectivity index (χ0) is 19.1. The molecular weight excluding hydrogens is 336 g/mol. The lowest BCUT2D eigenvalue weighted by Crippen LogP contribution is -2.34. The molecule has 26 heavy (non-hydrogen) atoms. The summed E-state index contributed by atoms with van der Waals surface area (Å²) in [7, 11) is 0. The Bertz CT molecular complexity index is 786. The Morgan fingerprint density at radius 1 is 0.962 bits per heavy atom. The van der Waals surface area contributed by atoms with Crippen molar-refractivity contribution in [1.82, 2.24) is 5.32 Å². The lowest BCUT2D eigenvalue weighted by molar-refractivity contribution is -0.384. The van der Waals surface area contributed by atoms with Gasteiger partial charge in [0.25, 0.3) is 5.69 Å². The summed E-state index contributed by atoms with van der Waals surface area (Å²) in [5.74, 6) is -0.239. The van der Waals surface area contributed by atoms with Gasteiger partial charge in [0.15, 0.2) is 0 Å².